The van der Waals surface area contributed by atoms with Crippen LogP contribution in [0.1, 0.15) is 48.3 Å². The van der Waals surface area contributed by atoms with Crippen molar-refractivity contribution in [3.63, 3.8) is 0 Å². The van der Waals surface area contributed by atoms with Crippen LogP contribution in [-0.2, 0) is 9.53 Å². The fraction of sp³-hybridized carbons (Fsp3) is 0.611. The lowest BCUT2D eigenvalue weighted by Gasteiger charge is -2.30. The predicted molar refractivity (Wildman–Crippen MR) is 102 cm³/mol. The van der Waals surface area contributed by atoms with Crippen molar-refractivity contribution in [2.75, 3.05) is 25.1 Å². The van der Waals surface area contributed by atoms with Crippen LogP contribution in [0.25, 0.3) is 0 Å². The highest BCUT2D eigenvalue weighted by molar-refractivity contribution is 7.15. The Kier molecular flexibility index (Phi) is 5.31. The number of aryl methyl sites for hydroxylation is 2. The average molecular weight is 388 g/mol. The van der Waals surface area contributed by atoms with E-state index in [1.807, 2.05) is 24.8 Å². The highest BCUT2D eigenvalue weighted by Crippen LogP contribution is 2.34. The van der Waals surface area contributed by atoms with Crippen LogP contribution in [0.15, 0.2) is 6.07 Å². The molecule has 4 heterocycles. The second-order valence-corrected chi connectivity index (χ2v) is 8.23. The third-order valence-electron chi connectivity index (χ3n) is 5.07. The van der Waals surface area contributed by atoms with Gasteiger partial charge in [0.15, 0.2) is 0 Å². The number of aromatic nitrogens is 4. The van der Waals surface area contributed by atoms with Gasteiger partial charge in [0.1, 0.15) is 16.6 Å². The Balaban J connectivity index is 1.55. The first-order valence-electron chi connectivity index (χ1n) is 9.41. The second kappa shape index (κ2) is 7.85. The third kappa shape index (κ3) is 4.08. The van der Waals surface area contributed by atoms with Gasteiger partial charge in [-0.25, -0.2) is 9.97 Å². The zero-order chi connectivity index (χ0) is 18.8. The summed E-state index contributed by atoms with van der Waals surface area (Å²) < 4.78 is 5.40. The molecule has 0 unspecified atom stereocenters. The van der Waals surface area contributed by atoms with Crippen LogP contribution < -0.4 is 5.32 Å². The monoisotopic (exact) mass is 388 g/mol. The van der Waals surface area contributed by atoms with Gasteiger partial charge >= 0.3 is 0 Å². The highest BCUT2D eigenvalue weighted by atomic mass is 32.1. The minimum absolute atomic E-state index is 0.0127. The van der Waals surface area contributed by atoms with Crippen molar-refractivity contribution in [2.24, 2.45) is 5.92 Å². The third-order valence-corrected chi connectivity index (χ3v) is 5.82. The number of amides is 1. The molecule has 0 spiro atoms. The van der Waals surface area contributed by atoms with Crippen molar-refractivity contribution >= 4 is 28.2 Å². The van der Waals surface area contributed by atoms with Gasteiger partial charge in [-0.15, -0.1) is 10.2 Å². The molecule has 1 atom stereocenters. The lowest BCUT2D eigenvalue weighted by molar-refractivity contribution is -0.139. The van der Waals surface area contributed by atoms with E-state index in [1.165, 1.54) is 11.3 Å². The second-order valence-electron chi connectivity index (χ2n) is 7.05. The van der Waals surface area contributed by atoms with E-state index in [-0.39, 0.29) is 17.9 Å². The number of nitrogens with one attached hydrogen (secondary N) is 1. The van der Waals surface area contributed by atoms with Crippen LogP contribution in [0.2, 0.25) is 0 Å². The molecule has 2 aliphatic rings. The van der Waals surface area contributed by atoms with Gasteiger partial charge in [-0.2, -0.15) is 0 Å². The van der Waals surface area contributed by atoms with Gasteiger partial charge in [0.25, 0.3) is 0 Å². The molecule has 4 rings (SSSR count). The first-order valence-corrected chi connectivity index (χ1v) is 10.2. The van der Waals surface area contributed by atoms with Crippen molar-refractivity contribution in [1.29, 1.82) is 0 Å². The van der Waals surface area contributed by atoms with Crippen molar-refractivity contribution < 1.29 is 9.53 Å². The zero-order valence-electron chi connectivity index (χ0n) is 15.6. The summed E-state index contributed by atoms with van der Waals surface area (Å²) in [4.78, 5) is 24.2. The van der Waals surface area contributed by atoms with Crippen LogP contribution in [0.5, 0.6) is 0 Å². The van der Waals surface area contributed by atoms with Gasteiger partial charge in [0.2, 0.25) is 11.0 Å². The number of nitrogens with zero attached hydrogens (tertiary/aromatic N) is 5. The SMILES string of the molecule is Cc1nc(Nc2nnc(C)s2)cc([C@@H]2CCCN2C(=O)C2CCOCC2)n1. The van der Waals surface area contributed by atoms with E-state index >= 15 is 0 Å². The van der Waals surface area contributed by atoms with E-state index in [0.29, 0.717) is 30.0 Å². The fourth-order valence-electron chi connectivity index (χ4n) is 3.80. The number of likely N-dealkylation sites (tertiary alicyclic amines) is 1. The Bertz CT molecular complexity index is 820. The average Bonchev–Trinajstić information content (AvgIpc) is 3.30. The van der Waals surface area contributed by atoms with Gasteiger partial charge in [-0.05, 0) is 39.5 Å². The van der Waals surface area contributed by atoms with E-state index in [2.05, 4.69) is 25.5 Å². The lowest BCUT2D eigenvalue weighted by Crippen LogP contribution is -2.38. The maximum Gasteiger partial charge on any atom is 0.226 e. The molecule has 8 nitrogen and oxygen atoms in total. The van der Waals surface area contributed by atoms with Gasteiger partial charge in [0.05, 0.1) is 11.7 Å². The molecule has 27 heavy (non-hydrogen) atoms. The largest absolute Gasteiger partial charge is 0.381 e. The van der Waals surface area contributed by atoms with Gasteiger partial charge in [-0.3, -0.25) is 4.79 Å². The van der Waals surface area contributed by atoms with Crippen molar-refractivity contribution in [3.05, 3.63) is 22.6 Å². The number of carbonyl (C=O) groups excluding carboxylic acids is 1. The topological polar surface area (TPSA) is 93.1 Å². The summed E-state index contributed by atoms with van der Waals surface area (Å²) in [5.41, 5.74) is 0.893. The lowest BCUT2D eigenvalue weighted by atomic mass is 9.98. The molecule has 2 aliphatic heterocycles. The molecule has 0 aliphatic carbocycles. The van der Waals surface area contributed by atoms with Gasteiger partial charge < -0.3 is 15.0 Å². The number of hydrogen-bond acceptors (Lipinski definition) is 8. The summed E-state index contributed by atoms with van der Waals surface area (Å²) in [5.74, 6) is 1.69. The summed E-state index contributed by atoms with van der Waals surface area (Å²) in [6.07, 6.45) is 3.56. The maximum atomic E-state index is 13.0. The van der Waals surface area contributed by atoms with E-state index in [9.17, 15) is 4.79 Å². The van der Waals surface area contributed by atoms with Crippen molar-refractivity contribution in [3.8, 4) is 0 Å². The maximum absolute atomic E-state index is 13.0. The van der Waals surface area contributed by atoms with E-state index in [0.717, 1.165) is 42.9 Å². The van der Waals surface area contributed by atoms with Crippen LogP contribution >= 0.6 is 11.3 Å². The number of anilines is 2. The quantitative estimate of drug-likeness (QED) is 0.861. The molecule has 2 aromatic heterocycles. The molecule has 0 radical (unpaired) electrons. The molecular weight excluding hydrogens is 364 g/mol. The van der Waals surface area contributed by atoms with Gasteiger partial charge in [0, 0.05) is 31.7 Å². The van der Waals surface area contributed by atoms with Crippen LogP contribution in [0, 0.1) is 19.8 Å². The predicted octanol–water partition coefficient (Wildman–Crippen LogP) is 2.78. The Morgan fingerprint density at radius 1 is 1.22 bits per heavy atom. The fourth-order valence-corrected chi connectivity index (χ4v) is 4.40. The number of ether oxygens (including phenoxy) is 1. The highest BCUT2D eigenvalue weighted by Gasteiger charge is 2.35. The van der Waals surface area contributed by atoms with E-state index in [1.54, 1.807) is 0 Å². The number of rotatable bonds is 4. The first-order chi connectivity index (χ1) is 13.1. The molecule has 0 bridgehead atoms. The standard InChI is InChI=1S/C18H24N6O2S/c1-11-19-14(10-16(20-11)21-18-23-22-12(2)27-18)15-4-3-7-24(15)17(25)13-5-8-26-9-6-13/h10,13,15H,3-9H2,1-2H3,(H,19,20,21,23)/t15-/m0/s1. The minimum atomic E-state index is 0.0127. The molecule has 0 saturated carbocycles. The summed E-state index contributed by atoms with van der Waals surface area (Å²) in [7, 11) is 0. The smallest absolute Gasteiger partial charge is 0.226 e. The molecule has 0 aromatic carbocycles. The zero-order valence-corrected chi connectivity index (χ0v) is 16.5. The normalized spacial score (nSPS) is 20.8. The molecular formula is C18H24N6O2S. The molecule has 1 amide bonds. The first kappa shape index (κ1) is 18.2. The van der Waals surface area contributed by atoms with E-state index in [4.69, 9.17) is 4.74 Å². The summed E-state index contributed by atoms with van der Waals surface area (Å²) in [6.45, 7) is 5.94. The minimum Gasteiger partial charge on any atom is -0.381 e. The Hall–Kier alpha value is -2.13. The van der Waals surface area contributed by atoms with Crippen LogP contribution in [0.4, 0.5) is 10.9 Å². The van der Waals surface area contributed by atoms with Gasteiger partial charge in [-0.1, -0.05) is 11.3 Å². The summed E-state index contributed by atoms with van der Waals surface area (Å²) in [6, 6.07) is 1.95. The summed E-state index contributed by atoms with van der Waals surface area (Å²) in [5, 5.41) is 12.9. The van der Waals surface area contributed by atoms with Crippen molar-refractivity contribution in [1.82, 2.24) is 25.1 Å². The molecule has 2 aromatic rings. The Morgan fingerprint density at radius 2 is 2.04 bits per heavy atom. The Labute approximate surface area is 162 Å². The number of carbonyl (C=O) groups is 1. The van der Waals surface area contributed by atoms with E-state index < -0.39 is 0 Å². The molecule has 2 saturated heterocycles. The van der Waals surface area contributed by atoms with Crippen molar-refractivity contribution in [2.45, 2.75) is 45.6 Å². The molecule has 9 heteroatoms. The van der Waals surface area contributed by atoms with Crippen LogP contribution in [0.3, 0.4) is 0 Å². The molecule has 144 valence electrons. The van der Waals surface area contributed by atoms with Crippen LogP contribution in [-0.4, -0.2) is 50.7 Å². The summed E-state index contributed by atoms with van der Waals surface area (Å²) >= 11 is 1.48. The number of hydrogen-bond donors (Lipinski definition) is 1. The molecule has 2 fully saturated rings. The molecule has 1 N–H and O–H groups in total. The Morgan fingerprint density at radius 3 is 2.78 bits per heavy atom.